The molecule has 5 rings (SSSR count). The van der Waals surface area contributed by atoms with Crippen LogP contribution in [0.15, 0.2) is 46.1 Å². The predicted molar refractivity (Wildman–Crippen MR) is 136 cm³/mol. The highest BCUT2D eigenvalue weighted by atomic mass is 16.8. The van der Waals surface area contributed by atoms with Crippen molar-refractivity contribution >= 4 is 5.91 Å². The Morgan fingerprint density at radius 1 is 1.13 bits per heavy atom. The number of rotatable bonds is 6. The Balaban J connectivity index is 1.47. The Morgan fingerprint density at radius 2 is 1.82 bits per heavy atom. The van der Waals surface area contributed by atoms with Crippen molar-refractivity contribution in [1.82, 2.24) is 19.4 Å². The lowest BCUT2D eigenvalue weighted by Gasteiger charge is -2.33. The minimum atomic E-state index is -1.38. The number of ether oxygens (including phenoxy) is 4. The van der Waals surface area contributed by atoms with Gasteiger partial charge in [0.15, 0.2) is 12.0 Å². The van der Waals surface area contributed by atoms with Crippen molar-refractivity contribution in [2.45, 2.75) is 69.0 Å². The van der Waals surface area contributed by atoms with Crippen LogP contribution in [0, 0.1) is 0 Å². The molecule has 0 spiro atoms. The van der Waals surface area contributed by atoms with E-state index in [1.54, 1.807) is 57.2 Å². The third kappa shape index (κ3) is 5.25. The first-order valence-corrected chi connectivity index (χ1v) is 12.8. The van der Waals surface area contributed by atoms with Crippen molar-refractivity contribution in [2.75, 3.05) is 27.2 Å². The van der Waals surface area contributed by atoms with Gasteiger partial charge in [0.1, 0.15) is 36.2 Å². The van der Waals surface area contributed by atoms with E-state index in [0.29, 0.717) is 5.75 Å². The van der Waals surface area contributed by atoms with E-state index in [-0.39, 0.29) is 19.6 Å². The summed E-state index contributed by atoms with van der Waals surface area (Å²) in [5.41, 5.74) is -0.396. The molecule has 13 nitrogen and oxygen atoms in total. The number of fused-ring (bicyclic) bond motifs is 1. The summed E-state index contributed by atoms with van der Waals surface area (Å²) in [6.07, 6.45) is -4.56. The number of aliphatic hydroxyl groups excluding tert-OH is 2. The fourth-order valence-electron chi connectivity index (χ4n) is 5.52. The smallest absolute Gasteiger partial charge is 0.333 e. The number of amides is 1. The Hall–Kier alpha value is -3.07. The van der Waals surface area contributed by atoms with Gasteiger partial charge >= 0.3 is 5.69 Å². The molecule has 0 radical (unpaired) electrons. The summed E-state index contributed by atoms with van der Waals surface area (Å²) in [6.45, 7) is 3.65. The van der Waals surface area contributed by atoms with Gasteiger partial charge in [-0.15, -0.1) is 0 Å². The summed E-state index contributed by atoms with van der Waals surface area (Å²) in [5.74, 6) is -0.867. The number of carbonyl (C=O) groups excluding carboxylic acids is 1. The van der Waals surface area contributed by atoms with Gasteiger partial charge in [-0.2, -0.15) is 0 Å². The van der Waals surface area contributed by atoms with Crippen LogP contribution < -0.4 is 21.3 Å². The fraction of sp³-hybridized carbons (Fsp3) is 0.577. The molecule has 1 aromatic carbocycles. The van der Waals surface area contributed by atoms with Gasteiger partial charge in [-0.1, -0.05) is 12.1 Å². The maximum atomic E-state index is 13.6. The summed E-state index contributed by atoms with van der Waals surface area (Å²) < 4.78 is 25.9. The van der Waals surface area contributed by atoms with Crippen LogP contribution in [0.1, 0.15) is 25.6 Å². The van der Waals surface area contributed by atoms with Gasteiger partial charge < -0.3 is 34.5 Å². The summed E-state index contributed by atoms with van der Waals surface area (Å²) in [6, 6.07) is 7.23. The molecule has 1 amide bonds. The second-order valence-corrected chi connectivity index (χ2v) is 10.6. The van der Waals surface area contributed by atoms with Crippen LogP contribution in [0.3, 0.4) is 0 Å². The zero-order valence-electron chi connectivity index (χ0n) is 22.2. The second kappa shape index (κ2) is 10.5. The first-order valence-electron chi connectivity index (χ1n) is 12.8. The van der Waals surface area contributed by atoms with E-state index >= 15 is 0 Å². The van der Waals surface area contributed by atoms with Crippen molar-refractivity contribution < 1.29 is 34.0 Å². The number of nitrogens with zero attached hydrogens (tertiary/aromatic N) is 3. The zero-order valence-corrected chi connectivity index (χ0v) is 22.2. The van der Waals surface area contributed by atoms with Gasteiger partial charge in [-0.25, -0.2) is 4.79 Å². The first-order chi connectivity index (χ1) is 18.5. The third-order valence-electron chi connectivity index (χ3n) is 7.35. The number of benzene rings is 1. The van der Waals surface area contributed by atoms with Crippen molar-refractivity contribution in [3.63, 3.8) is 0 Å². The summed E-state index contributed by atoms with van der Waals surface area (Å²) in [4.78, 5) is 40.7. The molecule has 39 heavy (non-hydrogen) atoms. The van der Waals surface area contributed by atoms with Gasteiger partial charge in [-0.05, 0) is 38.6 Å². The average Bonchev–Trinajstić information content (AvgIpc) is 3.34. The molecule has 4 heterocycles. The lowest BCUT2D eigenvalue weighted by Crippen LogP contribution is -2.56. The highest BCUT2D eigenvalue weighted by Crippen LogP contribution is 2.44. The highest BCUT2D eigenvalue weighted by molar-refractivity contribution is 5.82. The molecule has 0 saturated carbocycles. The van der Waals surface area contributed by atoms with Gasteiger partial charge in [0.05, 0.1) is 19.8 Å². The van der Waals surface area contributed by atoms with Crippen molar-refractivity contribution in [1.29, 1.82) is 0 Å². The topological polar surface area (TPSA) is 154 Å². The number of likely N-dealkylation sites (N-methyl/N-ethyl adjacent to an activating group) is 1. The van der Waals surface area contributed by atoms with Crippen LogP contribution in [0.4, 0.5) is 0 Å². The Labute approximate surface area is 224 Å². The number of carbonyl (C=O) groups is 1. The van der Waals surface area contributed by atoms with E-state index in [1.807, 2.05) is 0 Å². The summed E-state index contributed by atoms with van der Waals surface area (Å²) in [7, 11) is 3.18. The predicted octanol–water partition coefficient (Wildman–Crippen LogP) is -1.36. The summed E-state index contributed by atoms with van der Waals surface area (Å²) in [5, 5.41) is 24.1. The zero-order chi connectivity index (χ0) is 28.1. The molecule has 0 bridgehead atoms. The number of β-amino-alcohol motifs (C(OH)–C–C–N with tert-alkyl or cyclic N) is 1. The molecule has 3 aliphatic rings. The van der Waals surface area contributed by atoms with Crippen molar-refractivity contribution in [3.05, 3.63) is 62.9 Å². The molecule has 212 valence electrons. The lowest BCUT2D eigenvalue weighted by molar-refractivity contribution is -0.211. The number of methoxy groups -OCH3 is 1. The molecule has 3 saturated heterocycles. The van der Waals surface area contributed by atoms with E-state index in [4.69, 9.17) is 18.9 Å². The largest absolute Gasteiger partial charge is 0.497 e. The van der Waals surface area contributed by atoms with Gasteiger partial charge in [0.25, 0.3) is 5.56 Å². The quantitative estimate of drug-likeness (QED) is 0.396. The Morgan fingerprint density at radius 3 is 2.51 bits per heavy atom. The Bertz CT molecular complexity index is 1320. The first kappa shape index (κ1) is 27.5. The second-order valence-electron chi connectivity index (χ2n) is 10.6. The van der Waals surface area contributed by atoms with Crippen LogP contribution in [-0.4, -0.2) is 99.8 Å². The number of aromatic nitrogens is 2. The molecule has 3 N–H and O–H groups in total. The minimum absolute atomic E-state index is 0.0214. The van der Waals surface area contributed by atoms with Crippen LogP contribution in [0.2, 0.25) is 0 Å². The van der Waals surface area contributed by atoms with E-state index in [1.165, 1.54) is 16.8 Å². The monoisotopic (exact) mass is 546 g/mol. The van der Waals surface area contributed by atoms with Crippen LogP contribution >= 0.6 is 0 Å². The van der Waals surface area contributed by atoms with Gasteiger partial charge in [0, 0.05) is 25.4 Å². The van der Waals surface area contributed by atoms with E-state index in [2.05, 4.69) is 5.32 Å². The normalized spacial score (nSPS) is 31.4. The number of aliphatic hydroxyl groups is 2. The minimum Gasteiger partial charge on any atom is -0.497 e. The molecule has 3 fully saturated rings. The van der Waals surface area contributed by atoms with Crippen LogP contribution in [0.5, 0.6) is 5.75 Å². The molecule has 3 aliphatic heterocycles. The third-order valence-corrected chi connectivity index (χ3v) is 7.35. The van der Waals surface area contributed by atoms with Crippen molar-refractivity contribution in [3.8, 4) is 5.75 Å². The molecule has 2 aromatic rings. The highest BCUT2D eigenvalue weighted by Gasteiger charge is 2.59. The van der Waals surface area contributed by atoms with Crippen LogP contribution in [-0.2, 0) is 25.5 Å². The van der Waals surface area contributed by atoms with Crippen molar-refractivity contribution in [2.24, 2.45) is 0 Å². The lowest BCUT2D eigenvalue weighted by atomic mass is 9.98. The molecular weight excluding hydrogens is 512 g/mol. The average molecular weight is 547 g/mol. The van der Waals surface area contributed by atoms with Crippen LogP contribution in [0.25, 0.3) is 0 Å². The van der Waals surface area contributed by atoms with E-state index in [0.717, 1.165) is 10.1 Å². The number of nitrogens with one attached hydrogen (secondary N) is 1. The standard InChI is InChI=1S/C26H34N4O9/c1-26(2)38-21-20(19(33)18-23(34)27-11-15(31)13-28(18)3)37-24(22(21)39-26)29-10-9-17(32)30(25(29)35)12-14-5-7-16(36-4)8-6-14/h5-10,15,18-22,24,31,33H,11-13H2,1-4H3,(H,27,34)/t15-,18+,19-,20-,21-,22-,24-/m1/s1. The molecular formula is C26H34N4O9. The maximum Gasteiger partial charge on any atom is 0.333 e. The molecule has 0 unspecified atom stereocenters. The fourth-order valence-corrected chi connectivity index (χ4v) is 5.52. The van der Waals surface area contributed by atoms with Gasteiger partial charge in [0.2, 0.25) is 5.91 Å². The maximum absolute atomic E-state index is 13.6. The molecule has 0 aliphatic carbocycles. The Kier molecular flexibility index (Phi) is 7.39. The summed E-state index contributed by atoms with van der Waals surface area (Å²) >= 11 is 0. The van der Waals surface area contributed by atoms with E-state index in [9.17, 15) is 24.6 Å². The number of hydrogen-bond acceptors (Lipinski definition) is 10. The molecule has 7 atom stereocenters. The van der Waals surface area contributed by atoms with Gasteiger partial charge in [-0.3, -0.25) is 23.6 Å². The molecule has 1 aromatic heterocycles. The van der Waals surface area contributed by atoms with E-state index < -0.39 is 65.7 Å². The number of hydrogen-bond donors (Lipinski definition) is 3. The SMILES string of the molecule is COc1ccc(Cn2c(=O)ccn([C@@H]3O[C@H]([C@H](O)[C@H]4C(=O)NC[C@@H](O)CN4C)[C@H]4OC(C)(C)O[C@H]43)c2=O)cc1. The molecule has 13 heteroatoms.